The lowest BCUT2D eigenvalue weighted by Crippen LogP contribution is -2.31. The molecule has 3 aromatic rings. The Morgan fingerprint density at radius 1 is 0.759 bits per heavy atom. The van der Waals surface area contributed by atoms with Crippen molar-refractivity contribution in [1.82, 2.24) is 0 Å². The highest BCUT2D eigenvalue weighted by Gasteiger charge is 2.31. The maximum Gasteiger partial charge on any atom is 0.333 e. The van der Waals surface area contributed by atoms with E-state index in [2.05, 4.69) is 34.8 Å². The van der Waals surface area contributed by atoms with E-state index >= 15 is 0 Å². The summed E-state index contributed by atoms with van der Waals surface area (Å²) in [5, 5.41) is 13.6. The first-order valence-electron chi connectivity index (χ1n) is 18.0. The summed E-state index contributed by atoms with van der Waals surface area (Å²) in [5.74, 6) is -1.51. The fourth-order valence-electron chi connectivity index (χ4n) is 6.59. The van der Waals surface area contributed by atoms with Crippen LogP contribution in [0.5, 0.6) is 0 Å². The second kappa shape index (κ2) is 16.3. The molecule has 0 fully saturated rings. The molecule has 0 aromatic heterocycles. The number of allylic oxidation sites excluding steroid dienone is 7. The maximum absolute atomic E-state index is 13.6. The lowest BCUT2D eigenvalue weighted by atomic mass is 9.80. The molecule has 0 saturated heterocycles. The van der Waals surface area contributed by atoms with Crippen LogP contribution in [0, 0.1) is 27.7 Å². The lowest BCUT2D eigenvalue weighted by Gasteiger charge is -2.33. The molecule has 8 heteroatoms. The highest BCUT2D eigenvalue weighted by atomic mass is 16.5. The van der Waals surface area contributed by atoms with Crippen molar-refractivity contribution in [2.45, 2.75) is 67.6 Å². The summed E-state index contributed by atoms with van der Waals surface area (Å²) in [6, 6.07) is 19.6. The number of nitrogens with zero attached hydrogens (tertiary/aromatic N) is 2. The van der Waals surface area contributed by atoms with Crippen LogP contribution in [0.15, 0.2) is 126 Å². The van der Waals surface area contributed by atoms with Crippen molar-refractivity contribution in [2.24, 2.45) is 0 Å². The summed E-state index contributed by atoms with van der Waals surface area (Å²) in [4.78, 5) is 40.2. The molecule has 0 amide bonds. The van der Waals surface area contributed by atoms with E-state index < -0.39 is 24.1 Å². The number of benzene rings is 3. The molecule has 2 atom stereocenters. The van der Waals surface area contributed by atoms with E-state index in [-0.39, 0.29) is 22.7 Å². The molecule has 0 saturated carbocycles. The first-order chi connectivity index (χ1) is 25.5. The van der Waals surface area contributed by atoms with E-state index in [1.54, 1.807) is 38.1 Å². The second-order valence-electron chi connectivity index (χ2n) is 14.3. The third-order valence-corrected chi connectivity index (χ3v) is 9.32. The van der Waals surface area contributed by atoms with Gasteiger partial charge in [-0.15, -0.1) is 0 Å². The van der Waals surface area contributed by atoms with Crippen molar-refractivity contribution in [3.8, 4) is 0 Å². The van der Waals surface area contributed by atoms with Crippen molar-refractivity contribution in [2.75, 3.05) is 18.0 Å². The van der Waals surface area contributed by atoms with Crippen LogP contribution < -0.4 is 10.0 Å². The van der Waals surface area contributed by atoms with Crippen molar-refractivity contribution in [1.29, 1.82) is 0 Å². The molecular weight excluding hydrogens is 677 g/mol. The zero-order chi connectivity index (χ0) is 39.4. The third-order valence-electron chi connectivity index (χ3n) is 9.32. The number of carbonyl (C=O) groups excluding carboxylic acids is 3. The minimum absolute atomic E-state index is 0.146. The van der Waals surface area contributed by atoms with Crippen LogP contribution in [0.4, 0.5) is 17.1 Å². The summed E-state index contributed by atoms with van der Waals surface area (Å²) in [6.07, 6.45) is 6.42. The SMILES string of the molecule is C=C(C)C(=O)OC(C)CN(c1ccc(C2=C([O-])C(=C3C=CC(=[N+](CC(C)OC(=O)C(=C)C)c4ccc(C)cc4C)C=C3)C2=O)cc1)c1ccc(C)cc1C. The van der Waals surface area contributed by atoms with Gasteiger partial charge in [-0.05, 0) is 109 Å². The van der Waals surface area contributed by atoms with Crippen LogP contribution in [0.2, 0.25) is 0 Å². The first-order valence-corrected chi connectivity index (χ1v) is 18.0. The van der Waals surface area contributed by atoms with Gasteiger partial charge in [0.1, 0.15) is 6.10 Å². The molecule has 0 aliphatic heterocycles. The summed E-state index contributed by atoms with van der Waals surface area (Å²) >= 11 is 0. The van der Waals surface area contributed by atoms with E-state index in [1.165, 1.54) is 0 Å². The number of hydrogen-bond acceptors (Lipinski definition) is 7. The van der Waals surface area contributed by atoms with Gasteiger partial charge < -0.3 is 19.5 Å². The number of hydrogen-bond donors (Lipinski definition) is 0. The van der Waals surface area contributed by atoms with Crippen LogP contribution in [0.3, 0.4) is 0 Å². The molecule has 0 heterocycles. The van der Waals surface area contributed by atoms with E-state index in [0.717, 1.165) is 45.0 Å². The summed E-state index contributed by atoms with van der Waals surface area (Å²) in [5.41, 5.74) is 9.94. The van der Waals surface area contributed by atoms with E-state index in [9.17, 15) is 19.5 Å². The number of carbonyl (C=O) groups is 3. The average Bonchev–Trinajstić information content (AvgIpc) is 3.11. The summed E-state index contributed by atoms with van der Waals surface area (Å²) in [6.45, 7) is 23.2. The van der Waals surface area contributed by atoms with Gasteiger partial charge in [-0.2, -0.15) is 4.58 Å². The number of ketones is 1. The van der Waals surface area contributed by atoms with Gasteiger partial charge in [-0.25, -0.2) is 9.59 Å². The predicted octanol–water partition coefficient (Wildman–Crippen LogP) is 7.94. The smallest absolute Gasteiger partial charge is 0.333 e. The predicted molar refractivity (Wildman–Crippen MR) is 213 cm³/mol. The Morgan fingerprint density at radius 2 is 1.31 bits per heavy atom. The number of Topliss-reactive ketones (excluding diaryl/α,β-unsaturated/α-hetero) is 1. The standard InChI is InChI=1S/C46H48N2O6/c1-27(2)45(51)53-33(9)25-47(39-21-11-29(5)23-31(39)7)37-17-13-35(14-18-37)41-43(49)42(44(41)50)36-15-19-38(20-16-36)48(26-34(10)54-46(52)28(3)4)40-22-12-30(6)24-32(40)8/h11-24,33-34H,1,3,25-26H2,2,4-10H3. The molecule has 2 aliphatic carbocycles. The molecule has 2 unspecified atom stereocenters. The van der Waals surface area contributed by atoms with Crippen molar-refractivity contribution in [3.05, 3.63) is 154 Å². The first kappa shape index (κ1) is 39.2. The molecule has 0 spiro atoms. The van der Waals surface area contributed by atoms with Gasteiger partial charge in [0.15, 0.2) is 18.4 Å². The highest BCUT2D eigenvalue weighted by Crippen LogP contribution is 2.39. The van der Waals surface area contributed by atoms with Crippen molar-refractivity contribution >= 4 is 46.1 Å². The number of rotatable bonds is 12. The van der Waals surface area contributed by atoms with Gasteiger partial charge in [-0.1, -0.05) is 60.4 Å². The lowest BCUT2D eigenvalue weighted by molar-refractivity contribution is -0.450. The number of esters is 2. The van der Waals surface area contributed by atoms with E-state index in [1.807, 2.05) is 90.1 Å². The minimum atomic E-state index is -0.451. The summed E-state index contributed by atoms with van der Waals surface area (Å²) < 4.78 is 13.3. The van der Waals surface area contributed by atoms with Gasteiger partial charge in [-0.3, -0.25) is 4.79 Å². The molecule has 3 aromatic carbocycles. The van der Waals surface area contributed by atoms with Gasteiger partial charge in [0.05, 0.1) is 6.54 Å². The monoisotopic (exact) mass is 724 g/mol. The topological polar surface area (TPSA) is 99.0 Å². The van der Waals surface area contributed by atoms with Gasteiger partial charge in [0, 0.05) is 57.4 Å². The van der Waals surface area contributed by atoms with Crippen LogP contribution in [0.1, 0.15) is 55.5 Å². The van der Waals surface area contributed by atoms with E-state index in [0.29, 0.717) is 35.4 Å². The largest absolute Gasteiger partial charge is 0.871 e. The van der Waals surface area contributed by atoms with Gasteiger partial charge >= 0.3 is 11.9 Å². The van der Waals surface area contributed by atoms with Crippen molar-refractivity contribution < 1.29 is 33.5 Å². The van der Waals surface area contributed by atoms with Crippen LogP contribution >= 0.6 is 0 Å². The van der Waals surface area contributed by atoms with Gasteiger partial charge in [0.25, 0.3) is 0 Å². The minimum Gasteiger partial charge on any atom is -0.871 e. The molecule has 5 rings (SSSR count). The third kappa shape index (κ3) is 8.60. The van der Waals surface area contributed by atoms with Crippen LogP contribution in [-0.4, -0.2) is 53.3 Å². The zero-order valence-corrected chi connectivity index (χ0v) is 32.4. The van der Waals surface area contributed by atoms with Crippen molar-refractivity contribution in [3.63, 3.8) is 0 Å². The Kier molecular flexibility index (Phi) is 11.9. The normalized spacial score (nSPS) is 14.7. The number of anilines is 2. The van der Waals surface area contributed by atoms with Crippen LogP contribution in [-0.2, 0) is 23.9 Å². The number of ether oxygens (including phenoxy) is 2. The van der Waals surface area contributed by atoms with E-state index in [4.69, 9.17) is 9.47 Å². The van der Waals surface area contributed by atoms with Crippen LogP contribution in [0.25, 0.3) is 5.57 Å². The number of aryl methyl sites for hydroxylation is 4. The molecule has 0 radical (unpaired) electrons. The molecule has 8 nitrogen and oxygen atoms in total. The molecule has 0 bridgehead atoms. The highest BCUT2D eigenvalue weighted by molar-refractivity contribution is 6.39. The molecule has 54 heavy (non-hydrogen) atoms. The fraction of sp³-hybridized carbons (Fsp3) is 0.261. The van der Waals surface area contributed by atoms with Gasteiger partial charge in [0.2, 0.25) is 11.4 Å². The zero-order valence-electron chi connectivity index (χ0n) is 32.4. The molecule has 0 N–H and O–H groups in total. The molecule has 2 aliphatic rings. The Labute approximate surface area is 318 Å². The maximum atomic E-state index is 13.6. The average molecular weight is 725 g/mol. The molecular formula is C46H48N2O6. The Hall–Kier alpha value is -6.02. The Bertz CT molecular complexity index is 2190. The molecule has 278 valence electrons. The Balaban J connectivity index is 1.43. The quantitative estimate of drug-likeness (QED) is 0.106. The fourth-order valence-corrected chi connectivity index (χ4v) is 6.59. The second-order valence-corrected chi connectivity index (χ2v) is 14.3. The Morgan fingerprint density at radius 3 is 1.85 bits per heavy atom. The summed E-state index contributed by atoms with van der Waals surface area (Å²) in [7, 11) is 0.